The zero-order valence-corrected chi connectivity index (χ0v) is 19.5. The molecule has 0 spiro atoms. The van der Waals surface area contributed by atoms with Crippen molar-refractivity contribution >= 4 is 38.9 Å². The molecule has 34 heavy (non-hydrogen) atoms. The molecule has 0 aliphatic rings. The largest absolute Gasteiger partial charge is 0.394 e. The zero-order chi connectivity index (χ0) is 24.9. The van der Waals surface area contributed by atoms with E-state index < -0.39 is 10.4 Å². The third kappa shape index (κ3) is 7.09. The third-order valence-corrected chi connectivity index (χ3v) is 5.10. The monoisotopic (exact) mass is 505 g/mol. The summed E-state index contributed by atoms with van der Waals surface area (Å²) in [5.74, 6) is 0.267. The van der Waals surface area contributed by atoms with E-state index in [0.717, 1.165) is 23.1 Å². The molecule has 1 aromatic heterocycles. The Labute approximate surface area is 200 Å². The molecule has 0 aliphatic heterocycles. The van der Waals surface area contributed by atoms with Crippen LogP contribution in [0.4, 0.5) is 10.3 Å². The maximum Gasteiger partial charge on any atom is 0.394 e. The molecule has 0 unspecified atom stereocenters. The number of aromatic nitrogens is 2. The fourth-order valence-corrected chi connectivity index (χ4v) is 3.39. The van der Waals surface area contributed by atoms with Crippen molar-refractivity contribution in [2.45, 2.75) is 6.42 Å². The van der Waals surface area contributed by atoms with E-state index >= 15 is 0 Å². The maximum absolute atomic E-state index is 13.1. The molecular formula is C23H21ClFN3O5S. The molecule has 0 bridgehead atoms. The Morgan fingerprint density at radius 3 is 2.15 bits per heavy atom. The van der Waals surface area contributed by atoms with E-state index in [4.69, 9.17) is 29.1 Å². The van der Waals surface area contributed by atoms with Crippen LogP contribution in [0.2, 0.25) is 5.02 Å². The number of anilines is 1. The summed E-state index contributed by atoms with van der Waals surface area (Å²) in [5, 5.41) is 4.32. The lowest BCUT2D eigenvalue weighted by molar-refractivity contribution is 0.381. The summed E-state index contributed by atoms with van der Waals surface area (Å²) in [7, 11) is -2.97. The summed E-state index contributed by atoms with van der Waals surface area (Å²) in [6.07, 6.45) is 0.771. The number of hydrogen-bond acceptors (Lipinski definition) is 5. The summed E-state index contributed by atoms with van der Waals surface area (Å²) >= 11 is 6.02. The van der Waals surface area contributed by atoms with Crippen molar-refractivity contribution in [3.8, 4) is 11.1 Å². The van der Waals surface area contributed by atoms with Gasteiger partial charge in [0, 0.05) is 18.6 Å². The average molecular weight is 506 g/mol. The molecule has 0 saturated carbocycles. The number of fused-ring (bicyclic) bond motifs is 1. The van der Waals surface area contributed by atoms with E-state index in [9.17, 15) is 9.18 Å². The van der Waals surface area contributed by atoms with Crippen LogP contribution in [-0.2, 0) is 23.9 Å². The SMILES string of the molecule is Cn1c(NCCc2ccc(-c3ccc(F)cc3)cc2)nc2cc(Cl)ccc2c1=O.O=S(=O)(O)O. The van der Waals surface area contributed by atoms with Gasteiger partial charge in [-0.25, -0.2) is 9.37 Å². The molecule has 0 fully saturated rings. The van der Waals surface area contributed by atoms with Crippen molar-refractivity contribution in [2.24, 2.45) is 7.05 Å². The van der Waals surface area contributed by atoms with E-state index in [0.29, 0.717) is 28.4 Å². The zero-order valence-electron chi connectivity index (χ0n) is 17.9. The molecule has 3 N–H and O–H groups in total. The molecule has 3 aromatic carbocycles. The Bertz CT molecular complexity index is 1450. The lowest BCUT2D eigenvalue weighted by Crippen LogP contribution is -2.23. The van der Waals surface area contributed by atoms with Crippen molar-refractivity contribution in [1.29, 1.82) is 0 Å². The third-order valence-electron chi connectivity index (χ3n) is 4.87. The molecule has 0 atom stereocenters. The summed E-state index contributed by atoms with van der Waals surface area (Å²) < 4.78 is 46.2. The van der Waals surface area contributed by atoms with Crippen LogP contribution in [-0.4, -0.2) is 33.6 Å². The van der Waals surface area contributed by atoms with Crippen LogP contribution in [0.1, 0.15) is 5.56 Å². The van der Waals surface area contributed by atoms with Crippen molar-refractivity contribution < 1.29 is 21.9 Å². The molecule has 1 heterocycles. The quantitative estimate of drug-likeness (QED) is 0.344. The van der Waals surface area contributed by atoms with Gasteiger partial charge in [-0.3, -0.25) is 18.5 Å². The summed E-state index contributed by atoms with van der Waals surface area (Å²) in [4.78, 5) is 17.0. The van der Waals surface area contributed by atoms with Gasteiger partial charge < -0.3 is 5.32 Å². The van der Waals surface area contributed by atoms with Gasteiger partial charge in [0.25, 0.3) is 5.56 Å². The van der Waals surface area contributed by atoms with Crippen LogP contribution < -0.4 is 10.9 Å². The normalized spacial score (nSPS) is 11.1. The Morgan fingerprint density at radius 1 is 1.00 bits per heavy atom. The molecule has 0 aliphatic carbocycles. The number of benzene rings is 3. The molecule has 11 heteroatoms. The van der Waals surface area contributed by atoms with Gasteiger partial charge in [-0.05, 0) is 53.4 Å². The van der Waals surface area contributed by atoms with Gasteiger partial charge in [-0.15, -0.1) is 0 Å². The van der Waals surface area contributed by atoms with Crippen LogP contribution >= 0.6 is 11.6 Å². The fraction of sp³-hybridized carbons (Fsp3) is 0.130. The second kappa shape index (κ2) is 10.7. The lowest BCUT2D eigenvalue weighted by Gasteiger charge is -2.11. The van der Waals surface area contributed by atoms with Gasteiger partial charge in [0.15, 0.2) is 0 Å². The number of rotatable bonds is 5. The highest BCUT2D eigenvalue weighted by Gasteiger charge is 2.08. The molecule has 0 amide bonds. The molecule has 0 radical (unpaired) electrons. The first kappa shape index (κ1) is 25.3. The number of nitrogens with one attached hydrogen (secondary N) is 1. The van der Waals surface area contributed by atoms with Crippen LogP contribution in [0, 0.1) is 5.82 Å². The van der Waals surface area contributed by atoms with Gasteiger partial charge >= 0.3 is 10.4 Å². The highest BCUT2D eigenvalue weighted by atomic mass is 35.5. The minimum atomic E-state index is -4.67. The van der Waals surface area contributed by atoms with Gasteiger partial charge in [0.2, 0.25) is 5.95 Å². The van der Waals surface area contributed by atoms with Crippen molar-refractivity contribution in [3.63, 3.8) is 0 Å². The molecule has 0 saturated heterocycles. The van der Waals surface area contributed by atoms with Crippen LogP contribution in [0.25, 0.3) is 22.0 Å². The molecule has 4 aromatic rings. The van der Waals surface area contributed by atoms with Gasteiger partial charge in [-0.1, -0.05) is 48.0 Å². The highest BCUT2D eigenvalue weighted by molar-refractivity contribution is 7.79. The van der Waals surface area contributed by atoms with Gasteiger partial charge in [0.1, 0.15) is 5.82 Å². The van der Waals surface area contributed by atoms with Crippen LogP contribution in [0.15, 0.2) is 71.5 Å². The van der Waals surface area contributed by atoms with Crippen molar-refractivity contribution in [1.82, 2.24) is 9.55 Å². The van der Waals surface area contributed by atoms with Crippen LogP contribution in [0.3, 0.4) is 0 Å². The lowest BCUT2D eigenvalue weighted by atomic mass is 10.0. The highest BCUT2D eigenvalue weighted by Crippen LogP contribution is 2.20. The molecular weight excluding hydrogens is 485 g/mol. The first-order valence-electron chi connectivity index (χ1n) is 9.96. The second-order valence-corrected chi connectivity index (χ2v) is 8.62. The van der Waals surface area contributed by atoms with Crippen LogP contribution in [0.5, 0.6) is 0 Å². The maximum atomic E-state index is 13.1. The van der Waals surface area contributed by atoms with Crippen molar-refractivity contribution in [3.05, 3.63) is 93.5 Å². The number of nitrogens with zero attached hydrogens (tertiary/aromatic N) is 2. The summed E-state index contributed by atoms with van der Waals surface area (Å²) in [6, 6.07) is 19.7. The standard InChI is InChI=1S/C23H19ClFN3O.H2O4S/c1-28-22(29)20-11-8-18(24)14-21(20)27-23(28)26-13-12-15-2-4-16(5-3-15)17-6-9-19(25)10-7-17;1-5(2,3)4/h2-11,14H,12-13H2,1H3,(H,26,27);(H2,1,2,3,4). The molecule has 8 nitrogen and oxygen atoms in total. The molecule has 4 rings (SSSR count). The first-order valence-corrected chi connectivity index (χ1v) is 11.7. The minimum Gasteiger partial charge on any atom is -0.355 e. The minimum absolute atomic E-state index is 0.113. The Kier molecular flexibility index (Phi) is 8.00. The van der Waals surface area contributed by atoms with E-state index in [1.54, 1.807) is 37.4 Å². The number of halogens is 2. The fourth-order valence-electron chi connectivity index (χ4n) is 3.23. The van der Waals surface area contributed by atoms with E-state index in [1.165, 1.54) is 16.7 Å². The predicted octanol–water partition coefficient (Wildman–Crippen LogP) is 4.39. The smallest absolute Gasteiger partial charge is 0.355 e. The van der Waals surface area contributed by atoms with Crippen molar-refractivity contribution in [2.75, 3.05) is 11.9 Å². The topological polar surface area (TPSA) is 122 Å². The Hall–Kier alpha value is -3.31. The van der Waals surface area contributed by atoms with E-state index in [-0.39, 0.29) is 11.4 Å². The second-order valence-electron chi connectivity index (χ2n) is 7.29. The summed E-state index contributed by atoms with van der Waals surface area (Å²) in [6.45, 7) is 0.627. The van der Waals surface area contributed by atoms with Gasteiger partial charge in [-0.2, -0.15) is 8.42 Å². The Morgan fingerprint density at radius 2 is 1.56 bits per heavy atom. The van der Waals surface area contributed by atoms with Gasteiger partial charge in [0.05, 0.1) is 10.9 Å². The number of hydrogen-bond donors (Lipinski definition) is 3. The Balaban J connectivity index is 0.000000588. The molecule has 178 valence electrons. The predicted molar refractivity (Wildman–Crippen MR) is 130 cm³/mol. The average Bonchev–Trinajstić information content (AvgIpc) is 2.77. The van der Waals surface area contributed by atoms with E-state index in [1.807, 2.05) is 24.3 Å². The summed E-state index contributed by atoms with van der Waals surface area (Å²) in [5.41, 5.74) is 3.63. The first-order chi connectivity index (χ1) is 16.0. The van der Waals surface area contributed by atoms with E-state index in [2.05, 4.69) is 10.3 Å².